The minimum atomic E-state index is -0.112. The van der Waals surface area contributed by atoms with Crippen LogP contribution in [-0.4, -0.2) is 42.0 Å². The number of nitrogens with two attached hydrogens (primary N) is 1. The summed E-state index contributed by atoms with van der Waals surface area (Å²) in [6, 6.07) is -0.112. The Hall–Kier alpha value is -0.980. The SMILES string of the molecule is CCN1CCC(CNC(=O)c2csc(C(C)N)n2)C1. The molecule has 1 saturated heterocycles. The minimum absolute atomic E-state index is 0.0851. The van der Waals surface area contributed by atoms with Gasteiger partial charge in [0.15, 0.2) is 0 Å². The number of rotatable bonds is 5. The molecule has 2 rings (SSSR count). The quantitative estimate of drug-likeness (QED) is 0.852. The van der Waals surface area contributed by atoms with E-state index in [9.17, 15) is 4.79 Å². The number of amides is 1. The van der Waals surface area contributed by atoms with E-state index in [0.29, 0.717) is 11.6 Å². The van der Waals surface area contributed by atoms with E-state index in [4.69, 9.17) is 5.73 Å². The number of aromatic nitrogens is 1. The predicted octanol–water partition coefficient (Wildman–Crippen LogP) is 1.23. The molecule has 1 aromatic heterocycles. The van der Waals surface area contributed by atoms with Gasteiger partial charge in [0.1, 0.15) is 10.7 Å². The zero-order chi connectivity index (χ0) is 13.8. The fraction of sp³-hybridized carbons (Fsp3) is 0.692. The number of nitrogens with zero attached hydrogens (tertiary/aromatic N) is 2. The van der Waals surface area contributed by atoms with E-state index in [1.165, 1.54) is 11.3 Å². The predicted molar refractivity (Wildman–Crippen MR) is 77.3 cm³/mol. The summed E-state index contributed by atoms with van der Waals surface area (Å²) in [6.45, 7) is 8.10. The normalized spacial score (nSPS) is 21.5. The highest BCUT2D eigenvalue weighted by atomic mass is 32.1. The summed E-state index contributed by atoms with van der Waals surface area (Å²) >= 11 is 1.44. The minimum Gasteiger partial charge on any atom is -0.350 e. The van der Waals surface area contributed by atoms with Crippen molar-refractivity contribution >= 4 is 17.2 Å². The smallest absolute Gasteiger partial charge is 0.270 e. The Morgan fingerprint density at radius 1 is 1.74 bits per heavy atom. The summed E-state index contributed by atoms with van der Waals surface area (Å²) in [4.78, 5) is 18.6. The van der Waals surface area contributed by atoms with Crippen LogP contribution in [-0.2, 0) is 0 Å². The van der Waals surface area contributed by atoms with Gasteiger partial charge in [0.2, 0.25) is 0 Å². The fourth-order valence-electron chi connectivity index (χ4n) is 2.30. The van der Waals surface area contributed by atoms with E-state index in [0.717, 1.165) is 37.6 Å². The van der Waals surface area contributed by atoms with Crippen molar-refractivity contribution < 1.29 is 4.79 Å². The molecule has 1 aromatic rings. The first-order chi connectivity index (χ1) is 9.10. The zero-order valence-corrected chi connectivity index (χ0v) is 12.4. The maximum absolute atomic E-state index is 12.0. The first kappa shape index (κ1) is 14.4. The van der Waals surface area contributed by atoms with Crippen molar-refractivity contribution in [2.75, 3.05) is 26.2 Å². The second-order valence-electron chi connectivity index (χ2n) is 5.12. The first-order valence-corrected chi connectivity index (χ1v) is 7.69. The molecule has 1 fully saturated rings. The molecule has 106 valence electrons. The van der Waals surface area contributed by atoms with Crippen LogP contribution in [0.4, 0.5) is 0 Å². The monoisotopic (exact) mass is 282 g/mol. The molecular formula is C13H22N4OS. The Balaban J connectivity index is 1.81. The van der Waals surface area contributed by atoms with Crippen molar-refractivity contribution in [3.63, 3.8) is 0 Å². The maximum Gasteiger partial charge on any atom is 0.270 e. The second kappa shape index (κ2) is 6.45. The zero-order valence-electron chi connectivity index (χ0n) is 11.6. The lowest BCUT2D eigenvalue weighted by Gasteiger charge is -2.13. The Labute approximate surface area is 118 Å². The van der Waals surface area contributed by atoms with E-state index in [2.05, 4.69) is 22.1 Å². The van der Waals surface area contributed by atoms with Crippen molar-refractivity contribution in [1.82, 2.24) is 15.2 Å². The highest BCUT2D eigenvalue weighted by molar-refractivity contribution is 7.09. The van der Waals surface area contributed by atoms with Crippen LogP contribution in [0.5, 0.6) is 0 Å². The standard InChI is InChI=1S/C13H22N4OS/c1-3-17-5-4-10(7-17)6-15-12(18)11-8-19-13(16-11)9(2)14/h8-10H,3-7,14H2,1-2H3,(H,15,18). The van der Waals surface area contributed by atoms with E-state index >= 15 is 0 Å². The number of likely N-dealkylation sites (tertiary alicyclic amines) is 1. The van der Waals surface area contributed by atoms with Crippen LogP contribution >= 0.6 is 11.3 Å². The van der Waals surface area contributed by atoms with Gasteiger partial charge in [-0.25, -0.2) is 4.98 Å². The number of thiazole rings is 1. The van der Waals surface area contributed by atoms with Crippen molar-refractivity contribution in [1.29, 1.82) is 0 Å². The number of carbonyl (C=O) groups excluding carboxylic acids is 1. The molecule has 1 aliphatic rings. The summed E-state index contributed by atoms with van der Waals surface area (Å²) in [5, 5.41) is 5.56. The second-order valence-corrected chi connectivity index (χ2v) is 6.01. The molecule has 2 heterocycles. The Morgan fingerprint density at radius 2 is 2.53 bits per heavy atom. The molecule has 0 radical (unpaired) electrons. The molecule has 2 atom stereocenters. The maximum atomic E-state index is 12.0. The van der Waals surface area contributed by atoms with E-state index in [1.807, 2.05) is 6.92 Å². The summed E-state index contributed by atoms with van der Waals surface area (Å²) in [7, 11) is 0. The number of nitrogens with one attached hydrogen (secondary N) is 1. The molecule has 5 nitrogen and oxygen atoms in total. The highest BCUT2D eigenvalue weighted by Crippen LogP contribution is 2.17. The van der Waals surface area contributed by atoms with Gasteiger partial charge in [0, 0.05) is 18.5 Å². The Morgan fingerprint density at radius 3 is 3.11 bits per heavy atom. The van der Waals surface area contributed by atoms with Crippen molar-refractivity contribution in [2.45, 2.75) is 26.3 Å². The molecule has 0 bridgehead atoms. The van der Waals surface area contributed by atoms with Crippen molar-refractivity contribution in [2.24, 2.45) is 11.7 Å². The van der Waals surface area contributed by atoms with Gasteiger partial charge in [0.05, 0.1) is 6.04 Å². The molecule has 19 heavy (non-hydrogen) atoms. The average molecular weight is 282 g/mol. The topological polar surface area (TPSA) is 71.2 Å². The molecule has 0 saturated carbocycles. The van der Waals surface area contributed by atoms with Crippen LogP contribution in [0.1, 0.15) is 41.8 Å². The number of hydrogen-bond acceptors (Lipinski definition) is 5. The molecule has 1 amide bonds. The van der Waals surface area contributed by atoms with Crippen LogP contribution in [0.3, 0.4) is 0 Å². The van der Waals surface area contributed by atoms with Crippen LogP contribution < -0.4 is 11.1 Å². The van der Waals surface area contributed by atoms with Gasteiger partial charge < -0.3 is 16.0 Å². The third-order valence-electron chi connectivity index (χ3n) is 3.51. The largest absolute Gasteiger partial charge is 0.350 e. The molecule has 2 unspecified atom stereocenters. The Kier molecular flexibility index (Phi) is 4.90. The highest BCUT2D eigenvalue weighted by Gasteiger charge is 2.22. The lowest BCUT2D eigenvalue weighted by Crippen LogP contribution is -2.31. The number of hydrogen-bond donors (Lipinski definition) is 2. The molecule has 6 heteroatoms. The lowest BCUT2D eigenvalue weighted by molar-refractivity contribution is 0.0943. The van der Waals surface area contributed by atoms with E-state index in [1.54, 1.807) is 5.38 Å². The van der Waals surface area contributed by atoms with Gasteiger partial charge in [-0.1, -0.05) is 6.92 Å². The van der Waals surface area contributed by atoms with Crippen LogP contribution in [0.15, 0.2) is 5.38 Å². The van der Waals surface area contributed by atoms with Crippen LogP contribution in [0.25, 0.3) is 0 Å². The molecular weight excluding hydrogens is 260 g/mol. The molecule has 1 aliphatic heterocycles. The average Bonchev–Trinajstić information content (AvgIpc) is 3.04. The van der Waals surface area contributed by atoms with Crippen LogP contribution in [0.2, 0.25) is 0 Å². The summed E-state index contributed by atoms with van der Waals surface area (Å²) in [5.74, 6) is 0.480. The van der Waals surface area contributed by atoms with Gasteiger partial charge in [-0.15, -0.1) is 11.3 Å². The van der Waals surface area contributed by atoms with Gasteiger partial charge in [-0.2, -0.15) is 0 Å². The van der Waals surface area contributed by atoms with Crippen molar-refractivity contribution in [3.05, 3.63) is 16.1 Å². The fourth-order valence-corrected chi connectivity index (χ4v) is 3.05. The van der Waals surface area contributed by atoms with E-state index < -0.39 is 0 Å². The summed E-state index contributed by atoms with van der Waals surface area (Å²) in [6.07, 6.45) is 1.16. The summed E-state index contributed by atoms with van der Waals surface area (Å²) in [5.41, 5.74) is 6.23. The van der Waals surface area contributed by atoms with Gasteiger partial charge in [0.25, 0.3) is 5.91 Å². The molecule has 3 N–H and O–H groups in total. The third kappa shape index (κ3) is 3.75. The van der Waals surface area contributed by atoms with Gasteiger partial charge >= 0.3 is 0 Å². The van der Waals surface area contributed by atoms with Gasteiger partial charge in [-0.3, -0.25) is 4.79 Å². The molecule has 0 aliphatic carbocycles. The molecule has 0 spiro atoms. The van der Waals surface area contributed by atoms with Crippen LogP contribution in [0, 0.1) is 5.92 Å². The Bertz CT molecular complexity index is 432. The van der Waals surface area contributed by atoms with E-state index in [-0.39, 0.29) is 11.9 Å². The summed E-state index contributed by atoms with van der Waals surface area (Å²) < 4.78 is 0. The van der Waals surface area contributed by atoms with Crippen molar-refractivity contribution in [3.8, 4) is 0 Å². The lowest BCUT2D eigenvalue weighted by atomic mass is 10.1. The third-order valence-corrected chi connectivity index (χ3v) is 4.56. The first-order valence-electron chi connectivity index (χ1n) is 6.81. The molecule has 0 aromatic carbocycles. The number of carbonyl (C=O) groups is 1. The van der Waals surface area contributed by atoms with Gasteiger partial charge in [-0.05, 0) is 32.4 Å².